The standard InChI is InChI=1S/C19H22N2O4/c1-4-14-5-7-15(8-6-14)12-21(2)18(22)13-25-19(23)16-9-10-17(24-3)20-11-16/h5-11H,4,12-13H2,1-3H3. The number of rotatable bonds is 7. The Morgan fingerprint density at radius 3 is 2.32 bits per heavy atom. The van der Waals surface area contributed by atoms with Crippen LogP contribution in [0.1, 0.15) is 28.4 Å². The molecular weight excluding hydrogens is 320 g/mol. The number of likely N-dealkylation sites (N-methyl/N-ethyl adjacent to an activating group) is 1. The second kappa shape index (κ2) is 8.82. The van der Waals surface area contributed by atoms with Gasteiger partial charge in [-0.15, -0.1) is 0 Å². The molecule has 6 nitrogen and oxygen atoms in total. The van der Waals surface area contributed by atoms with Crippen molar-refractivity contribution in [1.29, 1.82) is 0 Å². The van der Waals surface area contributed by atoms with Crippen LogP contribution in [-0.2, 0) is 22.5 Å². The minimum atomic E-state index is -0.593. The van der Waals surface area contributed by atoms with Gasteiger partial charge < -0.3 is 14.4 Å². The first-order chi connectivity index (χ1) is 12.0. The van der Waals surface area contributed by atoms with E-state index in [1.54, 1.807) is 13.1 Å². The Kier molecular flexibility index (Phi) is 6.51. The molecule has 1 aromatic heterocycles. The van der Waals surface area contributed by atoms with Crippen LogP contribution in [0, 0.1) is 0 Å². The van der Waals surface area contributed by atoms with Gasteiger partial charge >= 0.3 is 5.97 Å². The van der Waals surface area contributed by atoms with Crippen LogP contribution in [-0.4, -0.2) is 42.5 Å². The first kappa shape index (κ1) is 18.4. The minimum absolute atomic E-state index is 0.269. The minimum Gasteiger partial charge on any atom is -0.481 e. The lowest BCUT2D eigenvalue weighted by Gasteiger charge is -2.17. The number of aryl methyl sites for hydroxylation is 1. The molecule has 132 valence electrons. The summed E-state index contributed by atoms with van der Waals surface area (Å²) in [4.78, 5) is 29.5. The zero-order valence-corrected chi connectivity index (χ0v) is 14.7. The molecule has 0 N–H and O–H groups in total. The lowest BCUT2D eigenvalue weighted by Crippen LogP contribution is -2.30. The molecule has 0 aliphatic rings. The summed E-state index contributed by atoms with van der Waals surface area (Å²) in [6, 6.07) is 11.2. The summed E-state index contributed by atoms with van der Waals surface area (Å²) in [5.41, 5.74) is 2.55. The van der Waals surface area contributed by atoms with Gasteiger partial charge in [0.05, 0.1) is 12.7 Å². The molecular formula is C19H22N2O4. The Labute approximate surface area is 147 Å². The van der Waals surface area contributed by atoms with Crippen molar-refractivity contribution < 1.29 is 19.1 Å². The van der Waals surface area contributed by atoms with Crippen LogP contribution in [0.4, 0.5) is 0 Å². The molecule has 0 spiro atoms. The number of amides is 1. The predicted molar refractivity (Wildman–Crippen MR) is 93.4 cm³/mol. The number of hydrogen-bond acceptors (Lipinski definition) is 5. The monoisotopic (exact) mass is 342 g/mol. The van der Waals surface area contributed by atoms with Gasteiger partial charge in [0.15, 0.2) is 6.61 Å². The fourth-order valence-electron chi connectivity index (χ4n) is 2.19. The summed E-state index contributed by atoms with van der Waals surface area (Å²) >= 11 is 0. The number of pyridine rings is 1. The van der Waals surface area contributed by atoms with Gasteiger partial charge in [-0.2, -0.15) is 0 Å². The van der Waals surface area contributed by atoms with E-state index in [0.29, 0.717) is 12.4 Å². The molecule has 6 heteroatoms. The summed E-state index contributed by atoms with van der Waals surface area (Å²) in [7, 11) is 3.17. The van der Waals surface area contributed by atoms with Crippen LogP contribution in [0.5, 0.6) is 5.88 Å². The van der Waals surface area contributed by atoms with Crippen molar-refractivity contribution in [3.63, 3.8) is 0 Å². The quantitative estimate of drug-likeness (QED) is 0.723. The van der Waals surface area contributed by atoms with E-state index < -0.39 is 5.97 Å². The number of hydrogen-bond donors (Lipinski definition) is 0. The van der Waals surface area contributed by atoms with E-state index in [4.69, 9.17) is 9.47 Å². The highest BCUT2D eigenvalue weighted by Crippen LogP contribution is 2.09. The maximum absolute atomic E-state index is 12.1. The third kappa shape index (κ3) is 5.31. The van der Waals surface area contributed by atoms with Gasteiger partial charge in [-0.05, 0) is 23.6 Å². The van der Waals surface area contributed by atoms with Gasteiger partial charge in [0.1, 0.15) is 0 Å². The average Bonchev–Trinajstić information content (AvgIpc) is 2.66. The van der Waals surface area contributed by atoms with E-state index >= 15 is 0 Å². The number of carbonyl (C=O) groups excluding carboxylic acids is 2. The molecule has 0 aliphatic carbocycles. The Hall–Kier alpha value is -2.89. The molecule has 1 amide bonds. The largest absolute Gasteiger partial charge is 0.481 e. The third-order valence-corrected chi connectivity index (χ3v) is 3.78. The average molecular weight is 342 g/mol. The smallest absolute Gasteiger partial charge is 0.340 e. The van der Waals surface area contributed by atoms with Crippen molar-refractivity contribution >= 4 is 11.9 Å². The van der Waals surface area contributed by atoms with Crippen molar-refractivity contribution in [3.05, 3.63) is 59.3 Å². The molecule has 0 saturated heterocycles. The molecule has 2 aromatic rings. The SMILES string of the molecule is CCc1ccc(CN(C)C(=O)COC(=O)c2ccc(OC)nc2)cc1. The summed E-state index contributed by atoms with van der Waals surface area (Å²) < 4.78 is 9.97. The number of methoxy groups -OCH3 is 1. The van der Waals surface area contributed by atoms with Crippen LogP contribution in [0.2, 0.25) is 0 Å². The Bertz CT molecular complexity index is 711. The fraction of sp³-hybridized carbons (Fsp3) is 0.316. The van der Waals surface area contributed by atoms with Crippen molar-refractivity contribution in [3.8, 4) is 5.88 Å². The molecule has 0 saturated carbocycles. The van der Waals surface area contributed by atoms with E-state index in [1.807, 2.05) is 24.3 Å². The van der Waals surface area contributed by atoms with Gasteiger partial charge in [-0.1, -0.05) is 31.2 Å². The molecule has 0 aliphatic heterocycles. The zero-order valence-electron chi connectivity index (χ0n) is 14.7. The predicted octanol–water partition coefficient (Wildman–Crippen LogP) is 2.47. The van der Waals surface area contributed by atoms with Crippen LogP contribution >= 0.6 is 0 Å². The molecule has 0 bridgehead atoms. The van der Waals surface area contributed by atoms with Gasteiger partial charge in [-0.3, -0.25) is 4.79 Å². The van der Waals surface area contributed by atoms with Crippen molar-refractivity contribution in [1.82, 2.24) is 9.88 Å². The van der Waals surface area contributed by atoms with E-state index in [9.17, 15) is 9.59 Å². The lowest BCUT2D eigenvalue weighted by molar-refractivity contribution is -0.133. The van der Waals surface area contributed by atoms with Gasteiger partial charge in [0.2, 0.25) is 5.88 Å². The Morgan fingerprint density at radius 2 is 1.76 bits per heavy atom. The molecule has 2 rings (SSSR count). The third-order valence-electron chi connectivity index (χ3n) is 3.78. The molecule has 25 heavy (non-hydrogen) atoms. The van der Waals surface area contributed by atoms with E-state index in [0.717, 1.165) is 12.0 Å². The number of nitrogens with zero attached hydrogens (tertiary/aromatic N) is 2. The summed E-state index contributed by atoms with van der Waals surface area (Å²) in [5, 5.41) is 0. The van der Waals surface area contributed by atoms with Gasteiger partial charge in [0.25, 0.3) is 5.91 Å². The molecule has 0 radical (unpaired) electrons. The van der Waals surface area contributed by atoms with E-state index in [-0.39, 0.29) is 18.1 Å². The summed E-state index contributed by atoms with van der Waals surface area (Å²) in [5.74, 6) is -0.458. The molecule has 0 fully saturated rings. The Morgan fingerprint density at radius 1 is 1.08 bits per heavy atom. The Balaban J connectivity index is 1.84. The van der Waals surface area contributed by atoms with Gasteiger partial charge in [-0.25, -0.2) is 9.78 Å². The number of esters is 1. The van der Waals surface area contributed by atoms with E-state index in [1.165, 1.54) is 29.8 Å². The topological polar surface area (TPSA) is 68.7 Å². The number of ether oxygens (including phenoxy) is 2. The lowest BCUT2D eigenvalue weighted by atomic mass is 10.1. The van der Waals surface area contributed by atoms with Crippen LogP contribution in [0.15, 0.2) is 42.6 Å². The second-order valence-electron chi connectivity index (χ2n) is 5.59. The first-order valence-corrected chi connectivity index (χ1v) is 8.02. The normalized spacial score (nSPS) is 10.2. The number of carbonyl (C=O) groups is 2. The molecule has 0 atom stereocenters. The summed E-state index contributed by atoms with van der Waals surface area (Å²) in [6.07, 6.45) is 2.33. The van der Waals surface area contributed by atoms with Crippen molar-refractivity contribution in [2.24, 2.45) is 0 Å². The van der Waals surface area contributed by atoms with Crippen LogP contribution in [0.3, 0.4) is 0 Å². The summed E-state index contributed by atoms with van der Waals surface area (Å²) in [6.45, 7) is 2.25. The fourth-order valence-corrected chi connectivity index (χ4v) is 2.19. The number of aromatic nitrogens is 1. The van der Waals surface area contributed by atoms with Gasteiger partial charge in [0, 0.05) is 25.9 Å². The molecule has 0 unspecified atom stereocenters. The van der Waals surface area contributed by atoms with Crippen LogP contribution in [0.25, 0.3) is 0 Å². The van der Waals surface area contributed by atoms with Crippen molar-refractivity contribution in [2.45, 2.75) is 19.9 Å². The molecule has 1 aromatic carbocycles. The number of benzene rings is 1. The second-order valence-corrected chi connectivity index (χ2v) is 5.59. The highest BCUT2D eigenvalue weighted by Gasteiger charge is 2.14. The highest BCUT2D eigenvalue weighted by atomic mass is 16.5. The van der Waals surface area contributed by atoms with Crippen LogP contribution < -0.4 is 4.74 Å². The molecule has 1 heterocycles. The van der Waals surface area contributed by atoms with E-state index in [2.05, 4.69) is 11.9 Å². The van der Waals surface area contributed by atoms with Crippen molar-refractivity contribution in [2.75, 3.05) is 20.8 Å². The zero-order chi connectivity index (χ0) is 18.2. The first-order valence-electron chi connectivity index (χ1n) is 8.02. The maximum atomic E-state index is 12.1. The highest BCUT2D eigenvalue weighted by molar-refractivity contribution is 5.91. The maximum Gasteiger partial charge on any atom is 0.340 e.